The number of carbonyl (C=O) groups excluding carboxylic acids is 1. The van der Waals surface area contributed by atoms with Gasteiger partial charge in [-0.1, -0.05) is 20.8 Å². The first-order valence-corrected chi connectivity index (χ1v) is 10.2. The summed E-state index contributed by atoms with van der Waals surface area (Å²) in [6, 6.07) is 5.20. The summed E-state index contributed by atoms with van der Waals surface area (Å²) in [7, 11) is -3.77. The number of primary sulfonamides is 1. The molecule has 1 aliphatic carbocycles. The average Bonchev–Trinajstić information content (AvgIpc) is 2.50. The zero-order chi connectivity index (χ0) is 20.3. The van der Waals surface area contributed by atoms with Crippen LogP contribution in [0.3, 0.4) is 0 Å². The number of carbonyl (C=O) groups is 1. The Bertz CT molecular complexity index is 830. The van der Waals surface area contributed by atoms with Crippen LogP contribution < -0.4 is 15.8 Å². The molecule has 2 atom stereocenters. The maximum absolute atomic E-state index is 12.3. The number of amides is 2. The molecule has 4 N–H and O–H groups in total. The van der Waals surface area contributed by atoms with Gasteiger partial charge in [0.25, 0.3) is 6.26 Å². The minimum atomic E-state index is -3.77. The molecule has 1 aliphatic rings. The van der Waals surface area contributed by atoms with Crippen LogP contribution in [-0.4, -0.2) is 27.1 Å². The highest BCUT2D eigenvalue weighted by Gasteiger charge is 2.42. The molecular formula is C18H26N4O4S. The van der Waals surface area contributed by atoms with Crippen molar-refractivity contribution >= 4 is 21.7 Å². The lowest BCUT2D eigenvalue weighted by Crippen LogP contribution is -2.49. The number of sulfonamides is 1. The molecule has 9 heteroatoms. The van der Waals surface area contributed by atoms with Crippen LogP contribution in [0.1, 0.15) is 40.0 Å². The van der Waals surface area contributed by atoms with Crippen molar-refractivity contribution in [3.05, 3.63) is 24.3 Å². The molecule has 1 aromatic carbocycles. The van der Waals surface area contributed by atoms with E-state index < -0.39 is 10.0 Å². The molecule has 0 heterocycles. The van der Waals surface area contributed by atoms with Crippen molar-refractivity contribution in [3.63, 3.8) is 0 Å². The lowest BCUT2D eigenvalue weighted by Gasteiger charge is -2.46. The van der Waals surface area contributed by atoms with Gasteiger partial charge in [-0.3, -0.25) is 0 Å². The van der Waals surface area contributed by atoms with Crippen LogP contribution in [-0.2, 0) is 14.8 Å². The first-order valence-electron chi connectivity index (χ1n) is 8.64. The fourth-order valence-electron chi connectivity index (χ4n) is 4.13. The second-order valence-corrected chi connectivity index (χ2v) is 9.87. The molecule has 148 valence electrons. The number of urea groups is 1. The maximum Gasteiger partial charge on any atom is 0.319 e. The summed E-state index contributed by atoms with van der Waals surface area (Å²) in [5.74, 6) is 0. The summed E-state index contributed by atoms with van der Waals surface area (Å²) in [5, 5.41) is 19.4. The van der Waals surface area contributed by atoms with E-state index in [-0.39, 0.29) is 27.8 Å². The molecule has 0 aliphatic heterocycles. The average molecular weight is 394 g/mol. The molecular weight excluding hydrogens is 368 g/mol. The third-order valence-electron chi connectivity index (χ3n) is 4.70. The third-order valence-corrected chi connectivity index (χ3v) is 5.63. The van der Waals surface area contributed by atoms with Gasteiger partial charge in [0.2, 0.25) is 10.0 Å². The van der Waals surface area contributed by atoms with Gasteiger partial charge in [0.15, 0.2) is 0 Å². The lowest BCUT2D eigenvalue weighted by molar-refractivity contribution is 0.0231. The highest BCUT2D eigenvalue weighted by atomic mass is 32.2. The number of nitriles is 1. The van der Waals surface area contributed by atoms with Gasteiger partial charge in [0, 0.05) is 17.1 Å². The zero-order valence-corrected chi connectivity index (χ0v) is 16.6. The predicted molar refractivity (Wildman–Crippen MR) is 101 cm³/mol. The standard InChI is InChI=1S/C18H26N4O4S/c1-17(2)8-14(9-18(3,10-17)11-26-12-19)22-16(23)21-13-4-6-15(7-5-13)27(20,24)25/h4-7,14H,8-11H2,1-3H3,(H2,20,24,25)(H2,21,22,23). The van der Waals surface area contributed by atoms with Gasteiger partial charge in [-0.05, 0) is 48.9 Å². The van der Waals surface area contributed by atoms with Crippen LogP contribution >= 0.6 is 0 Å². The van der Waals surface area contributed by atoms with Crippen molar-refractivity contribution in [2.24, 2.45) is 16.0 Å². The Labute approximate surface area is 160 Å². The van der Waals surface area contributed by atoms with E-state index in [1.807, 2.05) is 0 Å². The minimum Gasteiger partial charge on any atom is -0.427 e. The van der Waals surface area contributed by atoms with Crippen LogP contribution in [0.15, 0.2) is 29.2 Å². The number of nitrogens with zero attached hydrogens (tertiary/aromatic N) is 1. The normalized spacial score (nSPS) is 24.5. The fraction of sp³-hybridized carbons (Fsp3) is 0.556. The number of anilines is 1. The molecule has 2 amide bonds. The van der Waals surface area contributed by atoms with Crippen LogP contribution in [0, 0.1) is 22.3 Å². The number of ether oxygens (including phenoxy) is 1. The summed E-state index contributed by atoms with van der Waals surface area (Å²) in [6.45, 7) is 6.65. The molecule has 0 saturated heterocycles. The molecule has 0 radical (unpaired) electrons. The molecule has 2 unspecified atom stereocenters. The first kappa shape index (κ1) is 21.0. The third kappa shape index (κ3) is 6.12. The van der Waals surface area contributed by atoms with Gasteiger partial charge in [-0.15, -0.1) is 0 Å². The highest BCUT2D eigenvalue weighted by molar-refractivity contribution is 7.89. The Hall–Kier alpha value is -2.31. The van der Waals surface area contributed by atoms with Gasteiger partial charge in [-0.2, -0.15) is 5.26 Å². The molecule has 0 aromatic heterocycles. The van der Waals surface area contributed by atoms with Gasteiger partial charge in [0.1, 0.15) is 6.61 Å². The van der Waals surface area contributed by atoms with Crippen LogP contribution in [0.5, 0.6) is 0 Å². The smallest absolute Gasteiger partial charge is 0.319 e. The number of benzene rings is 1. The van der Waals surface area contributed by atoms with Crippen molar-refractivity contribution in [2.45, 2.75) is 51.0 Å². The SMILES string of the molecule is CC1(C)CC(NC(=O)Nc2ccc(S(N)(=O)=O)cc2)CC(C)(COC#N)C1. The molecule has 0 bridgehead atoms. The van der Waals surface area contributed by atoms with E-state index in [0.717, 1.165) is 12.8 Å². The fourth-order valence-corrected chi connectivity index (χ4v) is 4.65. The zero-order valence-electron chi connectivity index (χ0n) is 15.8. The van der Waals surface area contributed by atoms with Crippen molar-refractivity contribution in [1.82, 2.24) is 5.32 Å². The van der Waals surface area contributed by atoms with E-state index in [2.05, 4.69) is 31.4 Å². The summed E-state index contributed by atoms with van der Waals surface area (Å²) in [6.07, 6.45) is 4.14. The highest BCUT2D eigenvalue weighted by Crippen LogP contribution is 2.46. The van der Waals surface area contributed by atoms with Crippen molar-refractivity contribution in [3.8, 4) is 6.26 Å². The van der Waals surface area contributed by atoms with Crippen molar-refractivity contribution in [2.75, 3.05) is 11.9 Å². The number of hydrogen-bond acceptors (Lipinski definition) is 5. The summed E-state index contributed by atoms with van der Waals surface area (Å²) in [4.78, 5) is 12.3. The number of nitrogens with two attached hydrogens (primary N) is 1. The Morgan fingerprint density at radius 1 is 1.30 bits per heavy atom. The summed E-state index contributed by atoms with van der Waals surface area (Å²) in [5.41, 5.74) is 0.263. The van der Waals surface area contributed by atoms with E-state index >= 15 is 0 Å². The molecule has 1 aromatic rings. The number of hydrogen-bond donors (Lipinski definition) is 3. The molecule has 0 spiro atoms. The van der Waals surface area contributed by atoms with E-state index in [9.17, 15) is 13.2 Å². The van der Waals surface area contributed by atoms with E-state index in [1.54, 1.807) is 6.26 Å². The number of nitrogens with one attached hydrogen (secondary N) is 2. The second-order valence-electron chi connectivity index (χ2n) is 8.30. The topological polar surface area (TPSA) is 134 Å². The minimum absolute atomic E-state index is 0.000889. The lowest BCUT2D eigenvalue weighted by atomic mass is 9.63. The number of rotatable bonds is 5. The Kier molecular flexibility index (Phi) is 6.02. The van der Waals surface area contributed by atoms with Crippen molar-refractivity contribution < 1.29 is 17.9 Å². The van der Waals surface area contributed by atoms with Crippen LogP contribution in [0.25, 0.3) is 0 Å². The predicted octanol–water partition coefficient (Wildman–Crippen LogP) is 2.54. The Morgan fingerprint density at radius 2 is 1.93 bits per heavy atom. The van der Waals surface area contributed by atoms with Gasteiger partial charge in [0.05, 0.1) is 4.90 Å². The first-order chi connectivity index (χ1) is 12.4. The monoisotopic (exact) mass is 394 g/mol. The molecule has 27 heavy (non-hydrogen) atoms. The quantitative estimate of drug-likeness (QED) is 0.660. The maximum atomic E-state index is 12.3. The molecule has 2 rings (SSSR count). The van der Waals surface area contributed by atoms with Crippen LogP contribution in [0.2, 0.25) is 0 Å². The Morgan fingerprint density at radius 3 is 2.48 bits per heavy atom. The Balaban J connectivity index is 2.00. The largest absolute Gasteiger partial charge is 0.427 e. The van der Waals surface area contributed by atoms with E-state index in [4.69, 9.17) is 15.1 Å². The van der Waals surface area contributed by atoms with Gasteiger partial charge < -0.3 is 15.4 Å². The van der Waals surface area contributed by atoms with Crippen LogP contribution in [0.4, 0.5) is 10.5 Å². The van der Waals surface area contributed by atoms with Crippen molar-refractivity contribution in [1.29, 1.82) is 5.26 Å². The summed E-state index contributed by atoms with van der Waals surface area (Å²) >= 11 is 0. The second kappa shape index (κ2) is 7.74. The van der Waals surface area contributed by atoms with Gasteiger partial charge >= 0.3 is 6.03 Å². The molecule has 8 nitrogen and oxygen atoms in total. The van der Waals surface area contributed by atoms with Gasteiger partial charge in [-0.25, -0.2) is 18.4 Å². The molecule has 1 fully saturated rings. The molecule has 1 saturated carbocycles. The van der Waals surface area contributed by atoms with E-state index in [1.165, 1.54) is 24.3 Å². The van der Waals surface area contributed by atoms with E-state index in [0.29, 0.717) is 18.7 Å². The summed E-state index contributed by atoms with van der Waals surface area (Å²) < 4.78 is 27.5.